The minimum atomic E-state index is 0.349. The van der Waals surface area contributed by atoms with Gasteiger partial charge in [0.1, 0.15) is 5.82 Å². The number of imidazole rings is 1. The summed E-state index contributed by atoms with van der Waals surface area (Å²) in [6.45, 7) is 3.26. The van der Waals surface area contributed by atoms with E-state index >= 15 is 0 Å². The van der Waals surface area contributed by atoms with Crippen LogP contribution in [0, 0.1) is 5.92 Å². The monoisotopic (exact) mass is 269 g/mol. The van der Waals surface area contributed by atoms with Gasteiger partial charge in [0.2, 0.25) is 0 Å². The molecule has 1 aliphatic rings. The largest absolute Gasteiger partial charge is 0.337 e. The molecule has 1 atom stereocenters. The van der Waals surface area contributed by atoms with Crippen molar-refractivity contribution in [1.82, 2.24) is 14.9 Å². The van der Waals surface area contributed by atoms with Gasteiger partial charge in [-0.3, -0.25) is 0 Å². The lowest BCUT2D eigenvalue weighted by molar-refractivity contribution is 0.352. The number of benzene rings is 1. The van der Waals surface area contributed by atoms with E-state index in [4.69, 9.17) is 0 Å². The topological polar surface area (TPSA) is 29.9 Å². The Morgan fingerprint density at radius 2 is 2.00 bits per heavy atom. The molecule has 1 aliphatic carbocycles. The normalized spacial score (nSPS) is 16.3. The third kappa shape index (κ3) is 2.50. The van der Waals surface area contributed by atoms with E-state index in [9.17, 15) is 0 Å². The highest BCUT2D eigenvalue weighted by Crippen LogP contribution is 2.34. The highest BCUT2D eigenvalue weighted by atomic mass is 15.1. The predicted octanol–water partition coefficient (Wildman–Crippen LogP) is 2.88. The Morgan fingerprint density at radius 1 is 1.30 bits per heavy atom. The van der Waals surface area contributed by atoms with Gasteiger partial charge in [0.05, 0.1) is 6.04 Å². The zero-order chi connectivity index (χ0) is 13.9. The van der Waals surface area contributed by atoms with Gasteiger partial charge < -0.3 is 9.88 Å². The van der Waals surface area contributed by atoms with E-state index in [1.54, 1.807) is 0 Å². The SMILES string of the molecule is CCCNC(c1nccn1C)C1Cc2ccccc2C1. The molecular weight excluding hydrogens is 246 g/mol. The number of hydrogen-bond acceptors (Lipinski definition) is 2. The summed E-state index contributed by atoms with van der Waals surface area (Å²) >= 11 is 0. The molecule has 1 N–H and O–H groups in total. The quantitative estimate of drug-likeness (QED) is 0.904. The maximum absolute atomic E-state index is 4.58. The van der Waals surface area contributed by atoms with Gasteiger partial charge in [-0.05, 0) is 42.9 Å². The van der Waals surface area contributed by atoms with Crippen LogP contribution < -0.4 is 5.32 Å². The number of nitrogens with one attached hydrogen (secondary N) is 1. The van der Waals surface area contributed by atoms with Gasteiger partial charge in [-0.25, -0.2) is 4.98 Å². The molecule has 0 saturated heterocycles. The van der Waals surface area contributed by atoms with Gasteiger partial charge in [0.25, 0.3) is 0 Å². The Labute approximate surface area is 121 Å². The molecule has 0 amide bonds. The van der Waals surface area contributed by atoms with Gasteiger partial charge in [0, 0.05) is 19.4 Å². The highest BCUT2D eigenvalue weighted by molar-refractivity contribution is 5.33. The number of nitrogens with zero attached hydrogens (tertiary/aromatic N) is 2. The average molecular weight is 269 g/mol. The molecule has 1 aromatic carbocycles. The van der Waals surface area contributed by atoms with Crippen LogP contribution in [0.3, 0.4) is 0 Å². The molecule has 20 heavy (non-hydrogen) atoms. The maximum atomic E-state index is 4.58. The molecule has 3 nitrogen and oxygen atoms in total. The second-order valence-electron chi connectivity index (χ2n) is 5.77. The highest BCUT2D eigenvalue weighted by Gasteiger charge is 2.31. The van der Waals surface area contributed by atoms with E-state index in [0.29, 0.717) is 12.0 Å². The van der Waals surface area contributed by atoms with Gasteiger partial charge >= 0.3 is 0 Å². The molecule has 0 aliphatic heterocycles. The Hall–Kier alpha value is -1.61. The van der Waals surface area contributed by atoms with Gasteiger partial charge in [-0.2, -0.15) is 0 Å². The van der Waals surface area contributed by atoms with Crippen LogP contribution in [0.4, 0.5) is 0 Å². The number of fused-ring (bicyclic) bond motifs is 1. The van der Waals surface area contributed by atoms with Crippen molar-refractivity contribution in [3.8, 4) is 0 Å². The second kappa shape index (κ2) is 5.80. The number of aryl methyl sites for hydroxylation is 1. The lowest BCUT2D eigenvalue weighted by Crippen LogP contribution is -2.31. The Bertz CT molecular complexity index is 548. The van der Waals surface area contributed by atoms with Crippen molar-refractivity contribution in [2.75, 3.05) is 6.54 Å². The zero-order valence-corrected chi connectivity index (χ0v) is 12.3. The molecule has 0 radical (unpaired) electrons. The molecule has 1 heterocycles. The fourth-order valence-electron chi connectivity index (χ4n) is 3.27. The van der Waals surface area contributed by atoms with E-state index in [-0.39, 0.29) is 0 Å². The third-order valence-corrected chi connectivity index (χ3v) is 4.30. The standard InChI is InChI=1S/C17H23N3/c1-3-8-18-16(17-19-9-10-20(17)2)15-11-13-6-4-5-7-14(13)12-15/h4-7,9-10,15-16,18H,3,8,11-12H2,1-2H3. The van der Waals surface area contributed by atoms with Gasteiger partial charge in [-0.1, -0.05) is 31.2 Å². The number of aromatic nitrogens is 2. The average Bonchev–Trinajstić information content (AvgIpc) is 3.06. The second-order valence-corrected chi connectivity index (χ2v) is 5.77. The molecule has 2 aromatic rings. The lowest BCUT2D eigenvalue weighted by atomic mass is 9.95. The molecule has 106 valence electrons. The lowest BCUT2D eigenvalue weighted by Gasteiger charge is -2.24. The van der Waals surface area contributed by atoms with Crippen molar-refractivity contribution in [3.63, 3.8) is 0 Å². The molecule has 0 saturated carbocycles. The minimum absolute atomic E-state index is 0.349. The number of hydrogen-bond donors (Lipinski definition) is 1. The van der Waals surface area contributed by atoms with Crippen LogP contribution >= 0.6 is 0 Å². The fourth-order valence-corrected chi connectivity index (χ4v) is 3.27. The summed E-state index contributed by atoms with van der Waals surface area (Å²) in [6, 6.07) is 9.18. The summed E-state index contributed by atoms with van der Waals surface area (Å²) < 4.78 is 2.15. The molecular formula is C17H23N3. The summed E-state index contributed by atoms with van der Waals surface area (Å²) in [5.41, 5.74) is 3.02. The fraction of sp³-hybridized carbons (Fsp3) is 0.471. The first-order valence-corrected chi connectivity index (χ1v) is 7.57. The Kier molecular flexibility index (Phi) is 3.88. The van der Waals surface area contributed by atoms with Gasteiger partial charge in [0.15, 0.2) is 0 Å². The van der Waals surface area contributed by atoms with Crippen molar-refractivity contribution in [2.45, 2.75) is 32.2 Å². The summed E-state index contributed by atoms with van der Waals surface area (Å²) in [6.07, 6.45) is 7.41. The molecule has 0 spiro atoms. The molecule has 1 aromatic heterocycles. The van der Waals surface area contributed by atoms with Crippen LogP contribution in [0.1, 0.15) is 36.3 Å². The van der Waals surface area contributed by atoms with Crippen molar-refractivity contribution >= 4 is 0 Å². The van der Waals surface area contributed by atoms with E-state index in [0.717, 1.165) is 31.6 Å². The molecule has 3 rings (SSSR count). The van der Waals surface area contributed by atoms with Crippen molar-refractivity contribution < 1.29 is 0 Å². The van der Waals surface area contributed by atoms with Crippen LogP contribution in [0.15, 0.2) is 36.7 Å². The van der Waals surface area contributed by atoms with Crippen LogP contribution in [0.25, 0.3) is 0 Å². The van der Waals surface area contributed by atoms with Crippen molar-refractivity contribution in [3.05, 3.63) is 53.6 Å². The zero-order valence-electron chi connectivity index (χ0n) is 12.3. The van der Waals surface area contributed by atoms with Crippen LogP contribution in [-0.4, -0.2) is 16.1 Å². The van der Waals surface area contributed by atoms with E-state index in [1.165, 1.54) is 11.1 Å². The third-order valence-electron chi connectivity index (χ3n) is 4.30. The van der Waals surface area contributed by atoms with Crippen LogP contribution in [-0.2, 0) is 19.9 Å². The first-order valence-electron chi connectivity index (χ1n) is 7.57. The van der Waals surface area contributed by atoms with Crippen molar-refractivity contribution in [1.29, 1.82) is 0 Å². The van der Waals surface area contributed by atoms with E-state index in [1.807, 2.05) is 12.4 Å². The predicted molar refractivity (Wildman–Crippen MR) is 81.6 cm³/mol. The summed E-state index contributed by atoms with van der Waals surface area (Å²) in [5.74, 6) is 1.77. The smallest absolute Gasteiger partial charge is 0.125 e. The first kappa shape index (κ1) is 13.4. The van der Waals surface area contributed by atoms with Crippen molar-refractivity contribution in [2.24, 2.45) is 13.0 Å². The van der Waals surface area contributed by atoms with Crippen LogP contribution in [0.2, 0.25) is 0 Å². The Balaban J connectivity index is 1.83. The molecule has 3 heteroatoms. The first-order chi connectivity index (χ1) is 9.79. The maximum Gasteiger partial charge on any atom is 0.125 e. The molecule has 0 bridgehead atoms. The number of rotatable bonds is 5. The Morgan fingerprint density at radius 3 is 2.55 bits per heavy atom. The molecule has 1 unspecified atom stereocenters. The van der Waals surface area contributed by atoms with Crippen LogP contribution in [0.5, 0.6) is 0 Å². The molecule has 0 fully saturated rings. The van der Waals surface area contributed by atoms with E-state index in [2.05, 4.69) is 53.1 Å². The minimum Gasteiger partial charge on any atom is -0.337 e. The van der Waals surface area contributed by atoms with E-state index < -0.39 is 0 Å². The summed E-state index contributed by atoms with van der Waals surface area (Å²) in [7, 11) is 2.09. The van der Waals surface area contributed by atoms with Gasteiger partial charge in [-0.15, -0.1) is 0 Å². The summed E-state index contributed by atoms with van der Waals surface area (Å²) in [5, 5.41) is 3.71. The summed E-state index contributed by atoms with van der Waals surface area (Å²) in [4.78, 5) is 4.58.